The number of nitriles is 1. The molecule has 2 aromatic rings. The molecule has 1 aromatic carbocycles. The molecule has 1 N–H and O–H groups in total. The fraction of sp³-hybridized carbons (Fsp3) is 0.286. The molecule has 0 bridgehead atoms. The summed E-state index contributed by atoms with van der Waals surface area (Å²) >= 11 is 6.27. The minimum atomic E-state index is 0.340. The molecule has 1 heterocycles. The van der Waals surface area contributed by atoms with Gasteiger partial charge in [0.15, 0.2) is 0 Å². The van der Waals surface area contributed by atoms with Crippen LogP contribution >= 0.6 is 11.6 Å². The molecule has 1 aromatic heterocycles. The zero-order valence-electron chi connectivity index (χ0n) is 11.1. The molecule has 0 atom stereocenters. The van der Waals surface area contributed by atoms with Crippen LogP contribution in [-0.4, -0.2) is 29.8 Å². The van der Waals surface area contributed by atoms with Gasteiger partial charge in [0.2, 0.25) is 5.82 Å². The lowest BCUT2D eigenvalue weighted by Crippen LogP contribution is -2.18. The van der Waals surface area contributed by atoms with Gasteiger partial charge in [-0.15, -0.1) is 0 Å². The van der Waals surface area contributed by atoms with Gasteiger partial charge in [-0.2, -0.15) is 5.26 Å². The number of benzene rings is 1. The molecule has 0 spiro atoms. The van der Waals surface area contributed by atoms with Gasteiger partial charge in [-0.1, -0.05) is 17.7 Å². The van der Waals surface area contributed by atoms with Crippen molar-refractivity contribution in [3.63, 3.8) is 0 Å². The number of halogens is 1. The summed E-state index contributed by atoms with van der Waals surface area (Å²) in [6, 6.07) is 7.73. The summed E-state index contributed by atoms with van der Waals surface area (Å²) in [6.07, 6.45) is 3.33. The smallest absolute Gasteiger partial charge is 0.217 e. The maximum absolute atomic E-state index is 8.97. The molecule has 0 aliphatic heterocycles. The van der Waals surface area contributed by atoms with Crippen molar-refractivity contribution in [3.8, 4) is 11.8 Å². The summed E-state index contributed by atoms with van der Waals surface area (Å²) < 4.78 is 6.67. The number of aromatic nitrogens is 2. The molecule has 2 rings (SSSR count). The lowest BCUT2D eigenvalue weighted by Gasteiger charge is -2.09. The van der Waals surface area contributed by atoms with E-state index >= 15 is 0 Å². The molecular formula is C14H15ClN4O. The molecule has 0 unspecified atom stereocenters. The van der Waals surface area contributed by atoms with Crippen molar-refractivity contribution in [3.05, 3.63) is 47.0 Å². The van der Waals surface area contributed by atoms with E-state index in [1.165, 1.54) is 0 Å². The number of methoxy groups -OCH3 is 1. The first kappa shape index (κ1) is 14.5. The second-order valence-corrected chi connectivity index (χ2v) is 4.59. The number of nitrogens with one attached hydrogen (secondary N) is 1. The van der Waals surface area contributed by atoms with Gasteiger partial charge in [0.25, 0.3) is 0 Å². The van der Waals surface area contributed by atoms with Crippen LogP contribution < -0.4 is 5.32 Å². The van der Waals surface area contributed by atoms with Gasteiger partial charge < -0.3 is 10.1 Å². The van der Waals surface area contributed by atoms with Crippen LogP contribution in [0.25, 0.3) is 5.69 Å². The van der Waals surface area contributed by atoms with Crippen LogP contribution in [0.4, 0.5) is 0 Å². The highest BCUT2D eigenvalue weighted by Crippen LogP contribution is 2.21. The fourth-order valence-corrected chi connectivity index (χ4v) is 2.06. The van der Waals surface area contributed by atoms with Gasteiger partial charge in [-0.25, -0.2) is 4.98 Å². The van der Waals surface area contributed by atoms with E-state index in [1.54, 1.807) is 24.1 Å². The van der Waals surface area contributed by atoms with Gasteiger partial charge in [0.1, 0.15) is 6.07 Å². The first-order valence-electron chi connectivity index (χ1n) is 6.18. The van der Waals surface area contributed by atoms with E-state index < -0.39 is 0 Å². The Labute approximate surface area is 122 Å². The zero-order chi connectivity index (χ0) is 14.4. The Bertz CT molecular complexity index is 618. The molecule has 0 amide bonds. The predicted octanol–water partition coefficient (Wildman–Crippen LogP) is 2.13. The minimum Gasteiger partial charge on any atom is -0.383 e. The van der Waals surface area contributed by atoms with Crippen LogP contribution in [0.1, 0.15) is 11.4 Å². The zero-order valence-corrected chi connectivity index (χ0v) is 11.9. The topological polar surface area (TPSA) is 62.9 Å². The quantitative estimate of drug-likeness (QED) is 0.828. The maximum Gasteiger partial charge on any atom is 0.217 e. The molecule has 6 heteroatoms. The first-order chi connectivity index (χ1) is 9.76. The Balaban J connectivity index is 2.12. The summed E-state index contributed by atoms with van der Waals surface area (Å²) in [5.74, 6) is 0.340. The third-order valence-electron chi connectivity index (χ3n) is 2.85. The lowest BCUT2D eigenvalue weighted by atomic mass is 10.2. The number of nitrogens with zero attached hydrogens (tertiary/aromatic N) is 3. The van der Waals surface area contributed by atoms with E-state index in [0.717, 1.165) is 17.8 Å². The minimum absolute atomic E-state index is 0.340. The summed E-state index contributed by atoms with van der Waals surface area (Å²) in [5.41, 5.74) is 1.83. The van der Waals surface area contributed by atoms with Crippen molar-refractivity contribution in [2.45, 2.75) is 6.54 Å². The molecule has 5 nitrogen and oxygen atoms in total. The molecule has 20 heavy (non-hydrogen) atoms. The van der Waals surface area contributed by atoms with E-state index in [-0.39, 0.29) is 0 Å². The lowest BCUT2D eigenvalue weighted by molar-refractivity contribution is 0.199. The summed E-state index contributed by atoms with van der Waals surface area (Å²) in [6.45, 7) is 2.11. The summed E-state index contributed by atoms with van der Waals surface area (Å²) in [5, 5.41) is 12.9. The van der Waals surface area contributed by atoms with Crippen molar-refractivity contribution in [2.24, 2.45) is 0 Å². The van der Waals surface area contributed by atoms with Crippen LogP contribution in [0.3, 0.4) is 0 Å². The highest BCUT2D eigenvalue weighted by molar-refractivity contribution is 6.31. The average molecular weight is 291 g/mol. The Kier molecular flexibility index (Phi) is 5.13. The van der Waals surface area contributed by atoms with Crippen LogP contribution in [0, 0.1) is 11.3 Å². The second kappa shape index (κ2) is 7.06. The van der Waals surface area contributed by atoms with Crippen LogP contribution in [-0.2, 0) is 11.3 Å². The van der Waals surface area contributed by atoms with E-state index in [4.69, 9.17) is 21.6 Å². The van der Waals surface area contributed by atoms with Crippen LogP contribution in [0.15, 0.2) is 30.6 Å². The van der Waals surface area contributed by atoms with E-state index in [9.17, 15) is 0 Å². The normalized spacial score (nSPS) is 10.4. The van der Waals surface area contributed by atoms with Crippen molar-refractivity contribution >= 4 is 11.6 Å². The van der Waals surface area contributed by atoms with Crippen LogP contribution in [0.2, 0.25) is 5.02 Å². The van der Waals surface area contributed by atoms with Crippen molar-refractivity contribution in [2.75, 3.05) is 20.3 Å². The number of imidazole rings is 1. The number of hydrogen-bond acceptors (Lipinski definition) is 4. The van der Waals surface area contributed by atoms with Crippen LogP contribution in [0.5, 0.6) is 0 Å². The van der Waals surface area contributed by atoms with Crippen molar-refractivity contribution in [1.29, 1.82) is 5.26 Å². The van der Waals surface area contributed by atoms with Crippen molar-refractivity contribution in [1.82, 2.24) is 14.9 Å². The van der Waals surface area contributed by atoms with E-state index in [2.05, 4.69) is 10.3 Å². The first-order valence-corrected chi connectivity index (χ1v) is 6.56. The molecule has 0 saturated heterocycles. The third kappa shape index (κ3) is 3.36. The van der Waals surface area contributed by atoms with Gasteiger partial charge in [0.05, 0.1) is 6.61 Å². The molecule has 0 aliphatic rings. The number of rotatable bonds is 6. The number of ether oxygens (including phenoxy) is 1. The SMILES string of the molecule is COCCNCc1ccc(-n2ccnc2C#N)cc1Cl. The molecule has 104 valence electrons. The van der Waals surface area contributed by atoms with Gasteiger partial charge in [-0.3, -0.25) is 4.57 Å². The van der Waals surface area contributed by atoms with Gasteiger partial charge in [-0.05, 0) is 17.7 Å². The predicted molar refractivity (Wildman–Crippen MR) is 76.9 cm³/mol. The second-order valence-electron chi connectivity index (χ2n) is 4.18. The highest BCUT2D eigenvalue weighted by atomic mass is 35.5. The Morgan fingerprint density at radius 3 is 3.05 bits per heavy atom. The van der Waals surface area contributed by atoms with Gasteiger partial charge in [0, 0.05) is 43.3 Å². The third-order valence-corrected chi connectivity index (χ3v) is 3.21. The summed E-state index contributed by atoms with van der Waals surface area (Å²) in [7, 11) is 1.67. The number of hydrogen-bond donors (Lipinski definition) is 1. The van der Waals surface area contributed by atoms with E-state index in [0.29, 0.717) is 24.0 Å². The Morgan fingerprint density at radius 1 is 1.50 bits per heavy atom. The Morgan fingerprint density at radius 2 is 2.35 bits per heavy atom. The average Bonchev–Trinajstić information content (AvgIpc) is 2.93. The molecule has 0 aliphatic carbocycles. The van der Waals surface area contributed by atoms with Crippen molar-refractivity contribution < 1.29 is 4.74 Å². The highest BCUT2D eigenvalue weighted by Gasteiger charge is 2.07. The van der Waals surface area contributed by atoms with Gasteiger partial charge >= 0.3 is 0 Å². The molecule has 0 radical (unpaired) electrons. The monoisotopic (exact) mass is 290 g/mol. The maximum atomic E-state index is 8.97. The molecular weight excluding hydrogens is 276 g/mol. The molecule has 0 fully saturated rings. The molecule has 0 saturated carbocycles. The Hall–Kier alpha value is -1.87. The summed E-state index contributed by atoms with van der Waals surface area (Å²) in [4.78, 5) is 3.97. The fourth-order valence-electron chi connectivity index (χ4n) is 1.82. The standard InChI is InChI=1S/C14H15ClN4O/c1-20-7-5-17-10-11-2-3-12(8-13(11)15)19-6-4-18-14(19)9-16/h2-4,6,8,17H,5,7,10H2,1H3. The largest absolute Gasteiger partial charge is 0.383 e. The van der Waals surface area contributed by atoms with E-state index in [1.807, 2.05) is 24.3 Å².